The SMILES string of the molecule is CCN(C)CCCS(=O)(=O)NC(=O)Nc1c2c(cc3c1CCC3)CCC2.CCN(C)CCCS(N)(=O)=O.O=C=Nc1c2c(cc3c1CCC3)CCC2. The predicted molar refractivity (Wildman–Crippen MR) is 208 cm³/mol. The fourth-order valence-corrected chi connectivity index (χ4v) is 9.12. The number of sulfonamides is 2. The van der Waals surface area contributed by atoms with Crippen LogP contribution in [-0.2, 0) is 76.2 Å². The third-order valence-corrected chi connectivity index (χ3v) is 12.7. The van der Waals surface area contributed by atoms with Crippen LogP contribution in [0, 0.1) is 0 Å². The lowest BCUT2D eigenvalue weighted by Crippen LogP contribution is -2.37. The standard InChI is InChI=1S/C19H29N3O3S.C13H13NO.C6H16N2O2S/c1-3-22(2)11-6-12-26(24,25)21-19(23)20-18-16-9-4-7-14(16)13-15-8-5-10-17(15)18;15-8-14-13-11-5-1-3-9(11)7-10-4-2-6-12(10)13;1-3-8(2)5-4-6-11(7,9)10/h13H,3-12H2,1-2H3,(H2,20,21,23);7H,1-6H2;3-6H2,1-2H3,(H2,7,9,10). The molecule has 4 aliphatic rings. The van der Waals surface area contributed by atoms with Crippen LogP contribution in [0.2, 0.25) is 0 Å². The molecule has 2 aromatic carbocycles. The summed E-state index contributed by atoms with van der Waals surface area (Å²) in [6.07, 6.45) is 15.9. The van der Waals surface area contributed by atoms with Crippen molar-refractivity contribution in [3.63, 3.8) is 0 Å². The number of nitrogens with one attached hydrogen (secondary N) is 2. The Hall–Kier alpha value is -3.13. The van der Waals surface area contributed by atoms with Crippen LogP contribution in [0.5, 0.6) is 0 Å². The van der Waals surface area contributed by atoms with Crippen molar-refractivity contribution in [2.45, 2.75) is 104 Å². The van der Waals surface area contributed by atoms with E-state index in [2.05, 4.69) is 27.2 Å². The van der Waals surface area contributed by atoms with Gasteiger partial charge in [-0.05, 0) is 175 Å². The van der Waals surface area contributed by atoms with Gasteiger partial charge in [0.1, 0.15) is 0 Å². The molecule has 0 saturated carbocycles. The number of carbonyl (C=O) groups excluding carboxylic acids is 2. The Morgan fingerprint density at radius 2 is 1.15 bits per heavy atom. The van der Waals surface area contributed by atoms with Crippen molar-refractivity contribution in [2.24, 2.45) is 10.1 Å². The molecule has 2 aromatic rings. The molecule has 0 radical (unpaired) electrons. The van der Waals surface area contributed by atoms with Crippen molar-refractivity contribution < 1.29 is 26.4 Å². The van der Waals surface area contributed by atoms with Gasteiger partial charge in [0.15, 0.2) is 0 Å². The van der Waals surface area contributed by atoms with Gasteiger partial charge in [-0.2, -0.15) is 4.99 Å². The Bertz CT molecular complexity index is 1780. The van der Waals surface area contributed by atoms with Crippen molar-refractivity contribution in [1.82, 2.24) is 14.5 Å². The Balaban J connectivity index is 0.000000196. The number of rotatable bonds is 13. The number of hydrogen-bond donors (Lipinski definition) is 3. The highest BCUT2D eigenvalue weighted by atomic mass is 32.2. The van der Waals surface area contributed by atoms with Gasteiger partial charge >= 0.3 is 6.03 Å². The number of amides is 2. The van der Waals surface area contributed by atoms with E-state index in [0.717, 1.165) is 95.2 Å². The van der Waals surface area contributed by atoms with Crippen LogP contribution < -0.4 is 15.2 Å². The second kappa shape index (κ2) is 19.3. The van der Waals surface area contributed by atoms with Gasteiger partial charge in [0.25, 0.3) is 0 Å². The highest BCUT2D eigenvalue weighted by molar-refractivity contribution is 7.90. The lowest BCUT2D eigenvalue weighted by molar-refractivity contribution is 0.256. The number of nitrogens with two attached hydrogens (primary N) is 1. The zero-order valence-electron chi connectivity index (χ0n) is 31.5. The Labute approximate surface area is 311 Å². The maximum absolute atomic E-state index is 12.4. The number of benzene rings is 2. The van der Waals surface area contributed by atoms with E-state index in [1.54, 1.807) is 6.08 Å². The molecule has 2 amide bonds. The largest absolute Gasteiger partial charge is 0.332 e. The van der Waals surface area contributed by atoms with Gasteiger partial charge in [0.05, 0.1) is 17.2 Å². The summed E-state index contributed by atoms with van der Waals surface area (Å²) in [6, 6.07) is 3.99. The lowest BCUT2D eigenvalue weighted by Gasteiger charge is -2.17. The van der Waals surface area contributed by atoms with Crippen LogP contribution in [0.25, 0.3) is 0 Å². The second-order valence-electron chi connectivity index (χ2n) is 14.4. The molecule has 0 saturated heterocycles. The van der Waals surface area contributed by atoms with Crippen molar-refractivity contribution in [3.8, 4) is 0 Å². The number of isocyanates is 1. The molecule has 0 fully saturated rings. The molecule has 4 N–H and O–H groups in total. The number of aryl methyl sites for hydroxylation is 4. The summed E-state index contributed by atoms with van der Waals surface area (Å²) in [5, 5.41) is 7.69. The first-order valence-corrected chi connectivity index (χ1v) is 22.2. The molecular weight excluding hydrogens is 701 g/mol. The smallest absolute Gasteiger partial charge is 0.307 e. The minimum absolute atomic E-state index is 0.0459. The van der Waals surface area contributed by atoms with Gasteiger partial charge in [-0.25, -0.2) is 36.3 Å². The van der Waals surface area contributed by atoms with Crippen molar-refractivity contribution in [1.29, 1.82) is 0 Å². The summed E-state index contributed by atoms with van der Waals surface area (Å²) in [5.41, 5.74) is 12.3. The first-order valence-electron chi connectivity index (χ1n) is 18.8. The quantitative estimate of drug-likeness (QED) is 0.195. The molecule has 6 rings (SSSR count). The maximum atomic E-state index is 12.4. The zero-order chi connectivity index (χ0) is 37.9. The maximum Gasteiger partial charge on any atom is 0.332 e. The summed E-state index contributed by atoms with van der Waals surface area (Å²) in [6.45, 7) is 7.34. The topological polar surface area (TPSA) is 171 Å². The van der Waals surface area contributed by atoms with Gasteiger partial charge in [-0.1, -0.05) is 26.0 Å². The Morgan fingerprint density at radius 1 is 0.731 bits per heavy atom. The predicted octanol–water partition coefficient (Wildman–Crippen LogP) is 4.71. The summed E-state index contributed by atoms with van der Waals surface area (Å²) in [4.78, 5) is 30.9. The number of aliphatic imine (C=N–C) groups is 1. The van der Waals surface area contributed by atoms with Crippen LogP contribution in [0.15, 0.2) is 17.1 Å². The van der Waals surface area contributed by atoms with E-state index in [4.69, 9.17) is 5.14 Å². The molecule has 0 aromatic heterocycles. The first-order chi connectivity index (χ1) is 24.7. The molecule has 0 heterocycles. The van der Waals surface area contributed by atoms with Gasteiger partial charge in [-0.3, -0.25) is 0 Å². The fraction of sp³-hybridized carbons (Fsp3) is 0.632. The number of primary sulfonamides is 1. The molecule has 0 aliphatic heterocycles. The van der Waals surface area contributed by atoms with E-state index in [0.29, 0.717) is 19.4 Å². The van der Waals surface area contributed by atoms with Crippen LogP contribution >= 0.6 is 0 Å². The molecule has 0 bridgehead atoms. The highest BCUT2D eigenvalue weighted by Gasteiger charge is 2.26. The van der Waals surface area contributed by atoms with E-state index in [1.165, 1.54) is 57.3 Å². The molecular formula is C38H58N6O6S2. The molecule has 288 valence electrons. The lowest BCUT2D eigenvalue weighted by atomic mass is 9.99. The summed E-state index contributed by atoms with van der Waals surface area (Å²) >= 11 is 0. The zero-order valence-corrected chi connectivity index (χ0v) is 33.1. The average molecular weight is 759 g/mol. The van der Waals surface area contributed by atoms with Crippen molar-refractivity contribution in [2.75, 3.05) is 57.1 Å². The summed E-state index contributed by atoms with van der Waals surface area (Å²) in [7, 11) is -2.98. The van der Waals surface area contributed by atoms with Crippen LogP contribution in [-0.4, -0.2) is 90.5 Å². The summed E-state index contributed by atoms with van der Waals surface area (Å²) in [5.74, 6) is 0.0348. The molecule has 0 spiro atoms. The van der Waals surface area contributed by atoms with Gasteiger partial charge in [0, 0.05) is 5.69 Å². The fourth-order valence-electron chi connectivity index (χ4n) is 7.64. The van der Waals surface area contributed by atoms with Crippen LogP contribution in [0.3, 0.4) is 0 Å². The third-order valence-electron chi connectivity index (χ3n) is 10.6. The Kier molecular flexibility index (Phi) is 15.4. The number of fused-ring (bicyclic) bond motifs is 4. The Morgan fingerprint density at radius 3 is 1.58 bits per heavy atom. The third kappa shape index (κ3) is 11.9. The van der Waals surface area contributed by atoms with Gasteiger partial charge < -0.3 is 15.1 Å². The van der Waals surface area contributed by atoms with Gasteiger partial charge in [0.2, 0.25) is 26.1 Å². The van der Waals surface area contributed by atoms with Crippen molar-refractivity contribution >= 4 is 43.5 Å². The second-order valence-corrected chi connectivity index (χ2v) is 18.0. The normalized spacial score (nSPS) is 15.4. The van der Waals surface area contributed by atoms with E-state index in [-0.39, 0.29) is 11.5 Å². The summed E-state index contributed by atoms with van der Waals surface area (Å²) < 4.78 is 47.5. The monoisotopic (exact) mass is 758 g/mol. The van der Waals surface area contributed by atoms with E-state index < -0.39 is 26.1 Å². The highest BCUT2D eigenvalue weighted by Crippen LogP contribution is 2.40. The molecule has 0 unspecified atom stereocenters. The molecule has 14 heteroatoms. The number of urea groups is 1. The van der Waals surface area contributed by atoms with E-state index in [9.17, 15) is 26.4 Å². The number of hydrogen-bond acceptors (Lipinski definition) is 9. The van der Waals surface area contributed by atoms with E-state index >= 15 is 0 Å². The average Bonchev–Trinajstić information content (AvgIpc) is 3.91. The number of carbonyl (C=O) groups is 1. The minimum atomic E-state index is -3.62. The van der Waals surface area contributed by atoms with Crippen LogP contribution in [0.4, 0.5) is 16.2 Å². The number of anilines is 1. The first kappa shape index (κ1) is 41.6. The minimum Gasteiger partial charge on any atom is -0.307 e. The van der Waals surface area contributed by atoms with Crippen molar-refractivity contribution in [3.05, 3.63) is 56.6 Å². The molecule has 4 aliphatic carbocycles. The molecule has 52 heavy (non-hydrogen) atoms. The van der Waals surface area contributed by atoms with Crippen LogP contribution in [0.1, 0.15) is 96.9 Å². The van der Waals surface area contributed by atoms with Gasteiger partial charge in [-0.15, -0.1) is 0 Å². The number of nitrogens with zero attached hydrogens (tertiary/aromatic N) is 3. The molecule has 12 nitrogen and oxygen atoms in total. The molecule has 0 atom stereocenters. The van der Waals surface area contributed by atoms with E-state index in [1.807, 2.05) is 37.7 Å².